The maximum absolute atomic E-state index is 5.75. The highest BCUT2D eigenvalue weighted by Gasteiger charge is 2.19. The Hall–Kier alpha value is -0.870. The molecule has 0 fully saturated rings. The number of nitrogens with one attached hydrogen (secondary N) is 1. The molecule has 106 valence electrons. The number of nitrogens with zero attached hydrogens (tertiary/aromatic N) is 1. The lowest BCUT2D eigenvalue weighted by Gasteiger charge is -2.25. The van der Waals surface area contributed by atoms with Gasteiger partial charge in [0.2, 0.25) is 0 Å². The number of rotatable bonds is 7. The molecule has 0 saturated heterocycles. The van der Waals surface area contributed by atoms with E-state index in [4.69, 9.17) is 5.73 Å². The first-order chi connectivity index (χ1) is 9.31. The van der Waals surface area contributed by atoms with Gasteiger partial charge in [0.25, 0.3) is 0 Å². The maximum Gasteiger partial charge on any atom is 0.180 e. The van der Waals surface area contributed by atoms with Crippen LogP contribution in [-0.2, 0) is 0 Å². The third kappa shape index (κ3) is 4.32. The quantitative estimate of drug-likeness (QED) is 0.746. The van der Waals surface area contributed by atoms with Gasteiger partial charge in [-0.2, -0.15) is 0 Å². The Morgan fingerprint density at radius 2 is 2.21 bits per heavy atom. The minimum absolute atomic E-state index is 0.469. The molecule has 2 heterocycles. The van der Waals surface area contributed by atoms with Crippen molar-refractivity contribution in [1.29, 1.82) is 0 Å². The molecular weight excluding hydrogens is 254 g/mol. The SMILES string of the molecule is CCCCCCCC1NCCC=C1c1csc(N)n1. The number of hydrogen-bond acceptors (Lipinski definition) is 4. The molecule has 3 N–H and O–H groups in total. The molecule has 19 heavy (non-hydrogen) atoms. The van der Waals surface area contributed by atoms with E-state index in [-0.39, 0.29) is 0 Å². The van der Waals surface area contributed by atoms with Crippen LogP contribution in [0.3, 0.4) is 0 Å². The molecule has 1 aromatic rings. The van der Waals surface area contributed by atoms with Gasteiger partial charge in [-0.1, -0.05) is 45.1 Å². The molecule has 0 saturated carbocycles. The van der Waals surface area contributed by atoms with Gasteiger partial charge in [0.15, 0.2) is 5.13 Å². The largest absolute Gasteiger partial charge is 0.375 e. The van der Waals surface area contributed by atoms with Crippen LogP contribution >= 0.6 is 11.3 Å². The van der Waals surface area contributed by atoms with Crippen LogP contribution in [0.15, 0.2) is 11.5 Å². The van der Waals surface area contributed by atoms with E-state index in [0.717, 1.165) is 18.7 Å². The van der Waals surface area contributed by atoms with Crippen LogP contribution in [0.25, 0.3) is 5.57 Å². The van der Waals surface area contributed by atoms with Crippen molar-refractivity contribution in [1.82, 2.24) is 10.3 Å². The summed E-state index contributed by atoms with van der Waals surface area (Å²) in [5.41, 5.74) is 8.18. The fourth-order valence-electron chi connectivity index (χ4n) is 2.65. The number of aromatic nitrogens is 1. The van der Waals surface area contributed by atoms with Crippen molar-refractivity contribution in [3.05, 3.63) is 17.2 Å². The lowest BCUT2D eigenvalue weighted by molar-refractivity contribution is 0.513. The first-order valence-corrected chi connectivity index (χ1v) is 8.34. The predicted molar refractivity (Wildman–Crippen MR) is 84.3 cm³/mol. The number of hydrogen-bond donors (Lipinski definition) is 2. The molecule has 0 bridgehead atoms. The van der Waals surface area contributed by atoms with Gasteiger partial charge in [0.05, 0.1) is 5.69 Å². The highest BCUT2D eigenvalue weighted by Crippen LogP contribution is 2.27. The summed E-state index contributed by atoms with van der Waals surface area (Å²) in [5.74, 6) is 0. The summed E-state index contributed by atoms with van der Waals surface area (Å²) in [6.45, 7) is 3.35. The lowest BCUT2D eigenvalue weighted by Crippen LogP contribution is -2.34. The van der Waals surface area contributed by atoms with Crippen molar-refractivity contribution < 1.29 is 0 Å². The third-order valence-electron chi connectivity index (χ3n) is 3.69. The Morgan fingerprint density at radius 3 is 2.95 bits per heavy atom. The lowest BCUT2D eigenvalue weighted by atomic mass is 9.94. The summed E-state index contributed by atoms with van der Waals surface area (Å²) in [7, 11) is 0. The monoisotopic (exact) mass is 279 g/mol. The molecule has 4 heteroatoms. The standard InChI is InChI=1S/C15H25N3S/c1-2-3-4-5-6-9-13-12(8-7-10-17-13)14-11-19-15(16)18-14/h8,11,13,17H,2-7,9-10H2,1H3,(H2,16,18). The van der Waals surface area contributed by atoms with Gasteiger partial charge in [-0.15, -0.1) is 11.3 Å². The van der Waals surface area contributed by atoms with E-state index in [1.54, 1.807) is 0 Å². The van der Waals surface area contributed by atoms with E-state index < -0.39 is 0 Å². The second-order valence-electron chi connectivity index (χ2n) is 5.23. The number of unbranched alkanes of at least 4 members (excludes halogenated alkanes) is 4. The van der Waals surface area contributed by atoms with Gasteiger partial charge < -0.3 is 11.1 Å². The highest BCUT2D eigenvalue weighted by atomic mass is 32.1. The molecule has 2 rings (SSSR count). The molecule has 0 radical (unpaired) electrons. The van der Waals surface area contributed by atoms with Crippen LogP contribution in [0.5, 0.6) is 0 Å². The molecule has 1 unspecified atom stereocenters. The average Bonchev–Trinajstić information content (AvgIpc) is 2.85. The number of nitrogen functional groups attached to an aromatic ring is 1. The van der Waals surface area contributed by atoms with Crippen molar-refractivity contribution in [3.8, 4) is 0 Å². The summed E-state index contributed by atoms with van der Waals surface area (Å²) in [5, 5.41) is 6.37. The summed E-state index contributed by atoms with van der Waals surface area (Å²) in [4.78, 5) is 4.43. The summed E-state index contributed by atoms with van der Waals surface area (Å²) in [6, 6.07) is 0.469. The zero-order valence-corrected chi connectivity index (χ0v) is 12.6. The van der Waals surface area contributed by atoms with Crippen LogP contribution in [0.2, 0.25) is 0 Å². The molecule has 1 aliphatic heterocycles. The van der Waals surface area contributed by atoms with Crippen molar-refractivity contribution in [2.75, 3.05) is 12.3 Å². The molecule has 3 nitrogen and oxygen atoms in total. The van der Waals surface area contributed by atoms with E-state index in [9.17, 15) is 0 Å². The van der Waals surface area contributed by atoms with Gasteiger partial charge in [-0.3, -0.25) is 0 Å². The zero-order valence-electron chi connectivity index (χ0n) is 11.8. The average molecular weight is 279 g/mol. The van der Waals surface area contributed by atoms with Crippen LogP contribution in [0.1, 0.15) is 57.6 Å². The summed E-state index contributed by atoms with van der Waals surface area (Å²) in [6.07, 6.45) is 11.3. The topological polar surface area (TPSA) is 50.9 Å². The minimum Gasteiger partial charge on any atom is -0.375 e. The first kappa shape index (κ1) is 14.5. The predicted octanol–water partition coefficient (Wildman–Crippen LogP) is 3.83. The Morgan fingerprint density at radius 1 is 1.37 bits per heavy atom. The summed E-state index contributed by atoms with van der Waals surface area (Å²) >= 11 is 1.53. The normalized spacial score (nSPS) is 19.4. The van der Waals surface area contributed by atoms with Crippen molar-refractivity contribution in [2.24, 2.45) is 0 Å². The number of thiazole rings is 1. The van der Waals surface area contributed by atoms with Gasteiger partial charge >= 0.3 is 0 Å². The Kier molecular flexibility index (Phi) is 5.86. The Bertz CT molecular complexity index is 411. The van der Waals surface area contributed by atoms with Gasteiger partial charge in [0, 0.05) is 11.4 Å². The smallest absolute Gasteiger partial charge is 0.180 e. The van der Waals surface area contributed by atoms with E-state index in [1.807, 2.05) is 0 Å². The fraction of sp³-hybridized carbons (Fsp3) is 0.667. The van der Waals surface area contributed by atoms with E-state index in [2.05, 4.69) is 28.7 Å². The van der Waals surface area contributed by atoms with E-state index in [1.165, 1.54) is 55.4 Å². The Balaban J connectivity index is 1.87. The second-order valence-corrected chi connectivity index (χ2v) is 6.12. The molecule has 0 aliphatic carbocycles. The Labute approximate surface area is 120 Å². The van der Waals surface area contributed by atoms with Crippen LogP contribution < -0.4 is 11.1 Å². The molecule has 1 aromatic heterocycles. The first-order valence-electron chi connectivity index (χ1n) is 7.46. The fourth-order valence-corrected chi connectivity index (χ4v) is 3.22. The molecule has 1 atom stereocenters. The molecule has 0 aromatic carbocycles. The number of anilines is 1. The molecular formula is C15H25N3S. The highest BCUT2D eigenvalue weighted by molar-refractivity contribution is 7.13. The van der Waals surface area contributed by atoms with Crippen molar-refractivity contribution >= 4 is 22.0 Å². The van der Waals surface area contributed by atoms with Crippen molar-refractivity contribution in [3.63, 3.8) is 0 Å². The maximum atomic E-state index is 5.75. The number of nitrogens with two attached hydrogens (primary N) is 1. The van der Waals surface area contributed by atoms with Gasteiger partial charge in [-0.05, 0) is 25.0 Å². The van der Waals surface area contributed by atoms with Gasteiger partial charge in [0.1, 0.15) is 0 Å². The van der Waals surface area contributed by atoms with Crippen LogP contribution in [0, 0.1) is 0 Å². The minimum atomic E-state index is 0.469. The van der Waals surface area contributed by atoms with Crippen LogP contribution in [0.4, 0.5) is 5.13 Å². The second kappa shape index (κ2) is 7.65. The molecule has 0 spiro atoms. The van der Waals surface area contributed by atoms with Crippen LogP contribution in [-0.4, -0.2) is 17.6 Å². The molecule has 0 amide bonds. The summed E-state index contributed by atoms with van der Waals surface area (Å²) < 4.78 is 0. The van der Waals surface area contributed by atoms with Gasteiger partial charge in [-0.25, -0.2) is 4.98 Å². The third-order valence-corrected chi connectivity index (χ3v) is 4.36. The van der Waals surface area contributed by atoms with Crippen molar-refractivity contribution in [2.45, 2.75) is 57.9 Å². The molecule has 1 aliphatic rings. The van der Waals surface area contributed by atoms with E-state index >= 15 is 0 Å². The zero-order chi connectivity index (χ0) is 13.5. The van der Waals surface area contributed by atoms with E-state index in [0.29, 0.717) is 11.2 Å².